The third kappa shape index (κ3) is 11.2. The van der Waals surface area contributed by atoms with Gasteiger partial charge in [-0.1, -0.05) is 61.9 Å². The summed E-state index contributed by atoms with van der Waals surface area (Å²) in [6.45, 7) is 11.9. The SMILES string of the molecule is C/C=C/CN=Cc1ccccc1Cl.C=CC.CC. The van der Waals surface area contributed by atoms with Crippen molar-refractivity contribution in [2.24, 2.45) is 4.99 Å². The second-order valence-electron chi connectivity index (χ2n) is 2.99. The lowest BCUT2D eigenvalue weighted by Crippen LogP contribution is -1.83. The summed E-state index contributed by atoms with van der Waals surface area (Å²) < 4.78 is 0. The Morgan fingerprint density at radius 1 is 1.22 bits per heavy atom. The zero-order chi connectivity index (χ0) is 14.2. The van der Waals surface area contributed by atoms with Gasteiger partial charge >= 0.3 is 0 Å². The number of aliphatic imine (C=N–C) groups is 1. The van der Waals surface area contributed by atoms with Crippen LogP contribution in [0.15, 0.2) is 54.1 Å². The van der Waals surface area contributed by atoms with Crippen molar-refractivity contribution in [3.63, 3.8) is 0 Å². The van der Waals surface area contributed by atoms with E-state index in [2.05, 4.69) is 11.6 Å². The molecule has 0 aliphatic carbocycles. The average Bonchev–Trinajstić information content (AvgIpc) is 2.40. The zero-order valence-electron chi connectivity index (χ0n) is 11.9. The third-order valence-electron chi connectivity index (χ3n) is 1.58. The minimum absolute atomic E-state index is 0.710. The Balaban J connectivity index is 0. The molecule has 1 aromatic carbocycles. The van der Waals surface area contributed by atoms with E-state index in [-0.39, 0.29) is 0 Å². The Bertz CT molecular complexity index is 354. The quantitative estimate of drug-likeness (QED) is 0.502. The van der Waals surface area contributed by atoms with Gasteiger partial charge in [0, 0.05) is 16.8 Å². The molecule has 0 N–H and O–H groups in total. The molecule has 0 amide bonds. The maximum absolute atomic E-state index is 5.93. The fourth-order valence-corrected chi connectivity index (χ4v) is 1.08. The molecular weight excluding hydrogens is 242 g/mol. The van der Waals surface area contributed by atoms with Crippen LogP contribution in [-0.4, -0.2) is 12.8 Å². The highest BCUT2D eigenvalue weighted by Crippen LogP contribution is 2.12. The van der Waals surface area contributed by atoms with Crippen LogP contribution in [0.25, 0.3) is 0 Å². The lowest BCUT2D eigenvalue weighted by molar-refractivity contribution is 1.25. The molecule has 0 saturated heterocycles. The van der Waals surface area contributed by atoms with Gasteiger partial charge in [-0.2, -0.15) is 0 Å². The normalized spacial score (nSPS) is 9.39. The summed E-state index contributed by atoms with van der Waals surface area (Å²) in [5.41, 5.74) is 0.966. The summed E-state index contributed by atoms with van der Waals surface area (Å²) in [5, 5.41) is 0.742. The second kappa shape index (κ2) is 15.7. The highest BCUT2D eigenvalue weighted by atomic mass is 35.5. The van der Waals surface area contributed by atoms with Crippen LogP contribution in [0, 0.1) is 0 Å². The molecule has 100 valence electrons. The highest BCUT2D eigenvalue weighted by Gasteiger charge is 1.92. The first-order chi connectivity index (χ1) is 8.76. The molecule has 0 saturated carbocycles. The molecule has 1 nitrogen and oxygen atoms in total. The smallest absolute Gasteiger partial charge is 0.0570 e. The van der Waals surface area contributed by atoms with Crippen LogP contribution >= 0.6 is 11.6 Å². The second-order valence-corrected chi connectivity index (χ2v) is 3.40. The molecule has 0 unspecified atom stereocenters. The van der Waals surface area contributed by atoms with E-state index in [4.69, 9.17) is 11.6 Å². The van der Waals surface area contributed by atoms with Crippen LogP contribution in [0.3, 0.4) is 0 Å². The van der Waals surface area contributed by atoms with Gasteiger partial charge in [0.1, 0.15) is 0 Å². The van der Waals surface area contributed by atoms with Crippen LogP contribution in [0.1, 0.15) is 33.3 Å². The summed E-state index contributed by atoms with van der Waals surface area (Å²) >= 11 is 5.93. The Hall–Kier alpha value is -1.34. The van der Waals surface area contributed by atoms with E-state index < -0.39 is 0 Å². The summed E-state index contributed by atoms with van der Waals surface area (Å²) in [4.78, 5) is 4.20. The van der Waals surface area contributed by atoms with E-state index in [0.717, 1.165) is 10.6 Å². The summed E-state index contributed by atoms with van der Waals surface area (Å²) in [6.07, 6.45) is 7.51. The van der Waals surface area contributed by atoms with Gasteiger partial charge in [0.25, 0.3) is 0 Å². The van der Waals surface area contributed by atoms with Crippen LogP contribution in [0.2, 0.25) is 5.02 Å². The molecule has 0 heterocycles. The van der Waals surface area contributed by atoms with Gasteiger partial charge in [0.15, 0.2) is 0 Å². The van der Waals surface area contributed by atoms with Crippen molar-refractivity contribution in [1.82, 2.24) is 0 Å². The van der Waals surface area contributed by atoms with Crippen molar-refractivity contribution >= 4 is 17.8 Å². The molecule has 0 aromatic heterocycles. The third-order valence-corrected chi connectivity index (χ3v) is 1.93. The first kappa shape index (κ1) is 19.0. The molecule has 0 fully saturated rings. The predicted octanol–water partition coefficient (Wildman–Crippen LogP) is 5.55. The summed E-state index contributed by atoms with van der Waals surface area (Å²) in [7, 11) is 0. The fraction of sp³-hybridized carbons (Fsp3) is 0.312. The number of benzene rings is 1. The van der Waals surface area contributed by atoms with Gasteiger partial charge in [-0.15, -0.1) is 6.58 Å². The number of hydrogen-bond acceptors (Lipinski definition) is 1. The number of nitrogens with zero attached hydrogens (tertiary/aromatic N) is 1. The first-order valence-corrected chi connectivity index (χ1v) is 6.56. The Labute approximate surface area is 117 Å². The van der Waals surface area contributed by atoms with E-state index in [1.165, 1.54) is 0 Å². The number of halogens is 1. The zero-order valence-corrected chi connectivity index (χ0v) is 12.6. The first-order valence-electron chi connectivity index (χ1n) is 6.18. The maximum atomic E-state index is 5.93. The molecule has 0 aliphatic heterocycles. The van der Waals surface area contributed by atoms with Crippen molar-refractivity contribution in [2.45, 2.75) is 27.7 Å². The van der Waals surface area contributed by atoms with Gasteiger partial charge in [-0.25, -0.2) is 0 Å². The minimum Gasteiger partial charge on any atom is -0.288 e. The van der Waals surface area contributed by atoms with Crippen molar-refractivity contribution in [3.05, 3.63) is 59.7 Å². The van der Waals surface area contributed by atoms with E-state index >= 15 is 0 Å². The van der Waals surface area contributed by atoms with Crippen LogP contribution in [0.4, 0.5) is 0 Å². The molecule has 0 aliphatic rings. The van der Waals surface area contributed by atoms with E-state index in [9.17, 15) is 0 Å². The van der Waals surface area contributed by atoms with Gasteiger partial charge in [0.2, 0.25) is 0 Å². The van der Waals surface area contributed by atoms with Crippen LogP contribution in [-0.2, 0) is 0 Å². The Morgan fingerprint density at radius 2 is 1.78 bits per heavy atom. The number of rotatable bonds is 3. The van der Waals surface area contributed by atoms with E-state index in [1.54, 1.807) is 12.3 Å². The molecule has 1 rings (SSSR count). The van der Waals surface area contributed by atoms with E-state index in [0.29, 0.717) is 6.54 Å². The summed E-state index contributed by atoms with van der Waals surface area (Å²) in [6, 6.07) is 7.66. The van der Waals surface area contributed by atoms with Gasteiger partial charge < -0.3 is 0 Å². The van der Waals surface area contributed by atoms with Gasteiger partial charge in [-0.05, 0) is 19.9 Å². The van der Waals surface area contributed by atoms with Crippen molar-refractivity contribution in [2.75, 3.05) is 6.54 Å². The molecule has 2 heteroatoms. The molecular formula is C16H24ClN. The molecule has 0 bridgehead atoms. The average molecular weight is 266 g/mol. The van der Waals surface area contributed by atoms with Crippen LogP contribution in [0.5, 0.6) is 0 Å². The van der Waals surface area contributed by atoms with Crippen LogP contribution < -0.4 is 0 Å². The number of allylic oxidation sites excluding steroid dienone is 2. The van der Waals surface area contributed by atoms with Gasteiger partial charge in [0.05, 0.1) is 6.54 Å². The molecule has 1 aromatic rings. The minimum atomic E-state index is 0.710. The highest BCUT2D eigenvalue weighted by molar-refractivity contribution is 6.33. The standard InChI is InChI=1S/C11H12ClN.C3H6.C2H6/c1-2-3-8-13-9-10-6-4-5-7-11(10)12;1-3-2;1-2/h2-7,9H,8H2,1H3;3H,1H2,2H3;1-2H3/b3-2+,13-9?;;. The molecule has 18 heavy (non-hydrogen) atoms. The molecule has 0 atom stereocenters. The lowest BCUT2D eigenvalue weighted by Gasteiger charge is -1.94. The number of hydrogen-bond donors (Lipinski definition) is 0. The largest absolute Gasteiger partial charge is 0.288 e. The molecule has 0 spiro atoms. The monoisotopic (exact) mass is 265 g/mol. The topological polar surface area (TPSA) is 12.4 Å². The Morgan fingerprint density at radius 3 is 2.28 bits per heavy atom. The van der Waals surface area contributed by atoms with Crippen molar-refractivity contribution < 1.29 is 0 Å². The van der Waals surface area contributed by atoms with Crippen molar-refractivity contribution in [3.8, 4) is 0 Å². The van der Waals surface area contributed by atoms with Gasteiger partial charge in [-0.3, -0.25) is 4.99 Å². The van der Waals surface area contributed by atoms with E-state index in [1.807, 2.05) is 64.1 Å². The fourth-order valence-electron chi connectivity index (χ4n) is 0.897. The lowest BCUT2D eigenvalue weighted by atomic mass is 10.2. The maximum Gasteiger partial charge on any atom is 0.0570 e. The summed E-state index contributed by atoms with van der Waals surface area (Å²) in [5.74, 6) is 0. The Kier molecular flexibility index (Phi) is 16.5. The van der Waals surface area contributed by atoms with Crippen molar-refractivity contribution in [1.29, 1.82) is 0 Å². The predicted molar refractivity (Wildman–Crippen MR) is 85.9 cm³/mol. The molecule has 0 radical (unpaired) electrons.